The molecule has 0 aliphatic heterocycles. The summed E-state index contributed by atoms with van der Waals surface area (Å²) in [6, 6.07) is 6.09. The highest BCUT2D eigenvalue weighted by molar-refractivity contribution is 9.10. The van der Waals surface area contributed by atoms with Gasteiger partial charge < -0.3 is 10.1 Å². The lowest BCUT2D eigenvalue weighted by Gasteiger charge is -2.07. The quantitative estimate of drug-likeness (QED) is 0.912. The zero-order valence-corrected chi connectivity index (χ0v) is 12.8. The molecule has 5 heteroatoms. The molecule has 1 aromatic carbocycles. The fourth-order valence-corrected chi connectivity index (χ4v) is 2.95. The summed E-state index contributed by atoms with van der Waals surface area (Å²) in [6.07, 6.45) is 0. The molecular formula is C13H15BrN2OS. The van der Waals surface area contributed by atoms with Crippen molar-refractivity contribution in [3.8, 4) is 5.75 Å². The second kappa shape index (κ2) is 6.31. The first-order valence-corrected chi connectivity index (χ1v) is 7.30. The minimum Gasteiger partial charge on any atom is -0.496 e. The molecule has 0 fully saturated rings. The molecule has 0 saturated heterocycles. The summed E-state index contributed by atoms with van der Waals surface area (Å²) in [5.74, 6) is 0.856. The van der Waals surface area contributed by atoms with Gasteiger partial charge in [-0.1, -0.05) is 6.07 Å². The first kappa shape index (κ1) is 13.5. The van der Waals surface area contributed by atoms with Gasteiger partial charge in [0.1, 0.15) is 10.8 Å². The van der Waals surface area contributed by atoms with Crippen molar-refractivity contribution in [3.63, 3.8) is 0 Å². The zero-order valence-electron chi connectivity index (χ0n) is 10.4. The van der Waals surface area contributed by atoms with Crippen molar-refractivity contribution in [2.24, 2.45) is 0 Å². The number of thiazole rings is 1. The first-order chi connectivity index (χ1) is 8.69. The fourth-order valence-electron chi connectivity index (χ4n) is 1.62. The van der Waals surface area contributed by atoms with Gasteiger partial charge in [-0.15, -0.1) is 11.3 Å². The highest BCUT2D eigenvalue weighted by Gasteiger charge is 2.02. The maximum Gasteiger partial charge on any atom is 0.133 e. The molecule has 1 aromatic heterocycles. The third-order valence-electron chi connectivity index (χ3n) is 2.49. The van der Waals surface area contributed by atoms with Crippen molar-refractivity contribution < 1.29 is 4.74 Å². The first-order valence-electron chi connectivity index (χ1n) is 5.63. The highest BCUT2D eigenvalue weighted by atomic mass is 79.9. The van der Waals surface area contributed by atoms with Gasteiger partial charge >= 0.3 is 0 Å². The van der Waals surface area contributed by atoms with E-state index in [9.17, 15) is 0 Å². The topological polar surface area (TPSA) is 34.1 Å². The summed E-state index contributed by atoms with van der Waals surface area (Å²) in [6.45, 7) is 3.64. The summed E-state index contributed by atoms with van der Waals surface area (Å²) in [4.78, 5) is 4.41. The normalized spacial score (nSPS) is 10.6. The van der Waals surface area contributed by atoms with E-state index in [-0.39, 0.29) is 0 Å². The monoisotopic (exact) mass is 326 g/mol. The number of rotatable bonds is 5. The molecule has 96 valence electrons. The van der Waals surface area contributed by atoms with Crippen LogP contribution < -0.4 is 10.1 Å². The molecular weight excluding hydrogens is 312 g/mol. The molecule has 2 aromatic rings. The standard InChI is InChI=1S/C13H15BrN2OS/c1-9-8-18-13(16-9)7-15-6-10-3-4-12(17-2)11(14)5-10/h3-5,8,15H,6-7H2,1-2H3. The number of aromatic nitrogens is 1. The predicted octanol–water partition coefficient (Wildman–Crippen LogP) is 3.51. The Kier molecular flexibility index (Phi) is 4.74. The molecule has 0 bridgehead atoms. The average Bonchev–Trinajstić information content (AvgIpc) is 2.75. The largest absolute Gasteiger partial charge is 0.496 e. The SMILES string of the molecule is COc1ccc(CNCc2nc(C)cs2)cc1Br. The van der Waals surface area contributed by atoms with Gasteiger partial charge in [0, 0.05) is 24.2 Å². The van der Waals surface area contributed by atoms with Crippen LogP contribution >= 0.6 is 27.3 Å². The van der Waals surface area contributed by atoms with Gasteiger partial charge in [-0.3, -0.25) is 0 Å². The van der Waals surface area contributed by atoms with E-state index in [1.54, 1.807) is 18.4 Å². The molecule has 0 radical (unpaired) electrons. The second-order valence-corrected chi connectivity index (χ2v) is 5.75. The van der Waals surface area contributed by atoms with Gasteiger partial charge in [0.15, 0.2) is 0 Å². The van der Waals surface area contributed by atoms with Crippen molar-refractivity contribution >= 4 is 27.3 Å². The molecule has 0 aliphatic rings. The van der Waals surface area contributed by atoms with Crippen LogP contribution in [0, 0.1) is 6.92 Å². The van der Waals surface area contributed by atoms with Crippen molar-refractivity contribution in [1.82, 2.24) is 10.3 Å². The smallest absolute Gasteiger partial charge is 0.133 e. The molecule has 1 heterocycles. The lowest BCUT2D eigenvalue weighted by Crippen LogP contribution is -2.12. The molecule has 18 heavy (non-hydrogen) atoms. The Morgan fingerprint density at radius 2 is 2.22 bits per heavy atom. The summed E-state index contributed by atoms with van der Waals surface area (Å²) < 4.78 is 6.18. The van der Waals surface area contributed by atoms with Crippen LogP contribution in [0.15, 0.2) is 28.1 Å². The minimum atomic E-state index is 0.808. The lowest BCUT2D eigenvalue weighted by atomic mass is 10.2. The van der Waals surface area contributed by atoms with Gasteiger partial charge in [0.05, 0.1) is 11.6 Å². The van der Waals surface area contributed by atoms with E-state index >= 15 is 0 Å². The molecule has 0 spiro atoms. The highest BCUT2D eigenvalue weighted by Crippen LogP contribution is 2.25. The Balaban J connectivity index is 1.88. The van der Waals surface area contributed by atoms with Gasteiger partial charge in [-0.05, 0) is 40.5 Å². The van der Waals surface area contributed by atoms with Gasteiger partial charge in [-0.2, -0.15) is 0 Å². The van der Waals surface area contributed by atoms with Crippen molar-refractivity contribution in [3.05, 3.63) is 44.3 Å². The summed E-state index contributed by atoms with van der Waals surface area (Å²) in [5.41, 5.74) is 2.31. The Bertz CT molecular complexity index is 527. The number of hydrogen-bond acceptors (Lipinski definition) is 4. The number of ether oxygens (including phenoxy) is 1. The second-order valence-electron chi connectivity index (χ2n) is 3.96. The Labute approximate surface area is 119 Å². The lowest BCUT2D eigenvalue weighted by molar-refractivity contribution is 0.412. The van der Waals surface area contributed by atoms with Crippen LogP contribution in [0.25, 0.3) is 0 Å². The molecule has 1 N–H and O–H groups in total. The minimum absolute atomic E-state index is 0.808. The van der Waals surface area contributed by atoms with Gasteiger partial charge in [0.25, 0.3) is 0 Å². The Hall–Kier alpha value is -0.910. The summed E-state index contributed by atoms with van der Waals surface area (Å²) in [5, 5.41) is 6.58. The van der Waals surface area contributed by atoms with Gasteiger partial charge in [-0.25, -0.2) is 4.98 Å². The third kappa shape index (κ3) is 3.54. The van der Waals surface area contributed by atoms with Crippen LogP contribution in [0.4, 0.5) is 0 Å². The number of benzene rings is 1. The third-order valence-corrected chi connectivity index (χ3v) is 4.07. The van der Waals surface area contributed by atoms with Crippen LogP contribution in [-0.4, -0.2) is 12.1 Å². The molecule has 2 rings (SSSR count). The molecule has 0 amide bonds. The number of halogens is 1. The predicted molar refractivity (Wildman–Crippen MR) is 78.1 cm³/mol. The molecule has 0 saturated carbocycles. The zero-order chi connectivity index (χ0) is 13.0. The molecule has 0 atom stereocenters. The van der Waals surface area contributed by atoms with Gasteiger partial charge in [0.2, 0.25) is 0 Å². The van der Waals surface area contributed by atoms with E-state index in [0.717, 1.165) is 34.0 Å². The summed E-state index contributed by atoms with van der Waals surface area (Å²) in [7, 11) is 1.67. The number of hydrogen-bond donors (Lipinski definition) is 1. The number of nitrogens with one attached hydrogen (secondary N) is 1. The van der Waals surface area contributed by atoms with E-state index < -0.39 is 0 Å². The van der Waals surface area contributed by atoms with Crippen LogP contribution in [0.3, 0.4) is 0 Å². The summed E-state index contributed by atoms with van der Waals surface area (Å²) >= 11 is 5.18. The Morgan fingerprint density at radius 3 is 2.83 bits per heavy atom. The number of nitrogens with zero attached hydrogens (tertiary/aromatic N) is 1. The van der Waals surface area contributed by atoms with Crippen molar-refractivity contribution in [2.75, 3.05) is 7.11 Å². The molecule has 3 nitrogen and oxygen atoms in total. The van der Waals surface area contributed by atoms with E-state index in [4.69, 9.17) is 4.74 Å². The van der Waals surface area contributed by atoms with Crippen molar-refractivity contribution in [2.45, 2.75) is 20.0 Å². The maximum atomic E-state index is 5.20. The molecule has 0 unspecified atom stereocenters. The number of aryl methyl sites for hydroxylation is 1. The average molecular weight is 327 g/mol. The van der Waals surface area contributed by atoms with Crippen LogP contribution in [0.5, 0.6) is 5.75 Å². The van der Waals surface area contributed by atoms with Crippen LogP contribution in [0.1, 0.15) is 16.3 Å². The van der Waals surface area contributed by atoms with E-state index in [2.05, 4.69) is 43.7 Å². The number of methoxy groups -OCH3 is 1. The van der Waals surface area contributed by atoms with E-state index in [0.29, 0.717) is 0 Å². The fraction of sp³-hybridized carbons (Fsp3) is 0.308. The molecule has 0 aliphatic carbocycles. The maximum absolute atomic E-state index is 5.20. The van der Waals surface area contributed by atoms with Crippen LogP contribution in [-0.2, 0) is 13.1 Å². The van der Waals surface area contributed by atoms with Crippen molar-refractivity contribution in [1.29, 1.82) is 0 Å². The van der Waals surface area contributed by atoms with E-state index in [1.165, 1.54) is 5.56 Å². The Morgan fingerprint density at radius 1 is 1.39 bits per heavy atom. The van der Waals surface area contributed by atoms with Crippen LogP contribution in [0.2, 0.25) is 0 Å². The van der Waals surface area contributed by atoms with E-state index in [1.807, 2.05) is 13.0 Å².